The number of carboxylic acid groups (broad SMARTS) is 1. The van der Waals surface area contributed by atoms with Crippen molar-refractivity contribution in [1.82, 2.24) is 19.9 Å². The Morgan fingerprint density at radius 1 is 1.12 bits per heavy atom. The van der Waals surface area contributed by atoms with Gasteiger partial charge in [0.1, 0.15) is 23.0 Å². The Hall–Kier alpha value is -3.44. The van der Waals surface area contributed by atoms with Gasteiger partial charge in [-0.05, 0) is 17.7 Å². The summed E-state index contributed by atoms with van der Waals surface area (Å²) in [6, 6.07) is 5.75. The molecule has 1 amide bonds. The van der Waals surface area contributed by atoms with Gasteiger partial charge >= 0.3 is 5.97 Å². The molecule has 1 aromatic heterocycles. The molecule has 0 saturated heterocycles. The van der Waals surface area contributed by atoms with Crippen LogP contribution in [0.25, 0.3) is 5.69 Å². The first-order valence-electron chi connectivity index (χ1n) is 10.0. The monoisotopic (exact) mass is 496 g/mol. The third kappa shape index (κ3) is 6.12. The van der Waals surface area contributed by atoms with Crippen molar-refractivity contribution in [3.63, 3.8) is 0 Å². The lowest BCUT2D eigenvalue weighted by Gasteiger charge is -2.22. The van der Waals surface area contributed by atoms with E-state index >= 15 is 0 Å². The molecule has 0 saturated carbocycles. The second-order valence-electron chi connectivity index (χ2n) is 7.28. The molecule has 3 aromatic rings. The van der Waals surface area contributed by atoms with Gasteiger partial charge in [0.05, 0.1) is 30.6 Å². The Labute approximate surface area is 197 Å². The third-order valence-corrected chi connectivity index (χ3v) is 5.19. The fourth-order valence-corrected chi connectivity index (χ4v) is 3.35. The van der Waals surface area contributed by atoms with Crippen molar-refractivity contribution in [3.05, 3.63) is 75.8 Å². The number of hydrogen-bond donors (Lipinski definition) is 1. The Morgan fingerprint density at radius 2 is 1.82 bits per heavy atom. The second-order valence-corrected chi connectivity index (χ2v) is 7.72. The van der Waals surface area contributed by atoms with E-state index in [2.05, 4.69) is 10.3 Å². The highest BCUT2D eigenvalue weighted by molar-refractivity contribution is 6.30. The van der Waals surface area contributed by atoms with Crippen LogP contribution in [0.1, 0.15) is 21.6 Å². The van der Waals surface area contributed by atoms with Gasteiger partial charge in [-0.15, -0.1) is 5.10 Å². The van der Waals surface area contributed by atoms with Crippen LogP contribution in [-0.4, -0.2) is 63.7 Å². The highest BCUT2D eigenvalue weighted by Crippen LogP contribution is 2.19. The van der Waals surface area contributed by atoms with Crippen molar-refractivity contribution in [3.8, 4) is 5.69 Å². The summed E-state index contributed by atoms with van der Waals surface area (Å²) >= 11 is 5.75. The molecule has 8 nitrogen and oxygen atoms in total. The Balaban J connectivity index is 1.70. The number of aromatic carboxylic acids is 1. The quantitative estimate of drug-likeness (QED) is 0.462. The highest BCUT2D eigenvalue weighted by atomic mass is 35.5. The Bertz CT molecular complexity index is 1180. The van der Waals surface area contributed by atoms with E-state index in [1.54, 1.807) is 0 Å². The van der Waals surface area contributed by atoms with E-state index in [-0.39, 0.29) is 54.7 Å². The van der Waals surface area contributed by atoms with E-state index in [4.69, 9.17) is 21.4 Å². The van der Waals surface area contributed by atoms with Crippen LogP contribution in [0.4, 0.5) is 13.2 Å². The Kier molecular flexibility index (Phi) is 8.24. The molecule has 1 N–H and O–H groups in total. The van der Waals surface area contributed by atoms with E-state index in [9.17, 15) is 22.8 Å². The van der Waals surface area contributed by atoms with Gasteiger partial charge < -0.3 is 14.7 Å². The summed E-state index contributed by atoms with van der Waals surface area (Å²) in [5.41, 5.74) is -0.495. The zero-order chi connectivity index (χ0) is 24.8. The maximum atomic E-state index is 14.1. The van der Waals surface area contributed by atoms with Crippen molar-refractivity contribution >= 4 is 23.5 Å². The number of rotatable bonds is 10. The largest absolute Gasteiger partial charge is 0.477 e. The number of hydrogen-bond acceptors (Lipinski definition) is 5. The van der Waals surface area contributed by atoms with E-state index in [1.165, 1.54) is 30.3 Å². The van der Waals surface area contributed by atoms with Crippen molar-refractivity contribution in [2.75, 3.05) is 26.8 Å². The highest BCUT2D eigenvalue weighted by Gasteiger charge is 2.20. The number of nitrogens with zero attached hydrogens (tertiary/aromatic N) is 4. The van der Waals surface area contributed by atoms with Gasteiger partial charge in [0.15, 0.2) is 0 Å². The number of amides is 1. The molecule has 12 heteroatoms. The van der Waals surface area contributed by atoms with Gasteiger partial charge in [0.2, 0.25) is 5.91 Å². The maximum absolute atomic E-state index is 14.1. The predicted molar refractivity (Wildman–Crippen MR) is 116 cm³/mol. The van der Waals surface area contributed by atoms with E-state index in [1.807, 2.05) is 0 Å². The molecule has 1 heterocycles. The number of carbonyl (C=O) groups excluding carboxylic acids is 1. The van der Waals surface area contributed by atoms with Crippen molar-refractivity contribution in [2.45, 2.75) is 12.8 Å². The van der Waals surface area contributed by atoms with Crippen LogP contribution >= 0.6 is 11.6 Å². The molecular formula is C22H20ClF3N4O4. The standard InChI is InChI=1S/C22H20ClF3N4O4/c1-34-7-6-29(20(31)8-13-2-3-14(23)9-17(13)24)5-4-15-12-30(28-27-15)16-10-18(25)21(22(32)33)19(26)11-16/h2-3,9-12H,4-8H2,1H3,(H,32,33). The molecule has 180 valence electrons. The molecule has 34 heavy (non-hydrogen) atoms. The number of aromatic nitrogens is 3. The smallest absolute Gasteiger partial charge is 0.341 e. The molecule has 0 unspecified atom stereocenters. The lowest BCUT2D eigenvalue weighted by atomic mass is 10.1. The molecular weight excluding hydrogens is 477 g/mol. The maximum Gasteiger partial charge on any atom is 0.341 e. The number of methoxy groups -OCH3 is 1. The van der Waals surface area contributed by atoms with Crippen LogP contribution in [0.2, 0.25) is 5.02 Å². The molecule has 3 rings (SSSR count). The van der Waals surface area contributed by atoms with Crippen molar-refractivity contribution < 1.29 is 32.6 Å². The van der Waals surface area contributed by atoms with Gasteiger partial charge in [-0.25, -0.2) is 22.6 Å². The molecule has 0 atom stereocenters. The van der Waals surface area contributed by atoms with Crippen LogP contribution in [0.15, 0.2) is 36.5 Å². The number of ether oxygens (including phenoxy) is 1. The summed E-state index contributed by atoms with van der Waals surface area (Å²) in [6.07, 6.45) is 1.48. The molecule has 2 aromatic carbocycles. The first-order chi connectivity index (χ1) is 16.2. The van der Waals surface area contributed by atoms with Gasteiger partial charge in [-0.1, -0.05) is 22.9 Å². The fourth-order valence-electron chi connectivity index (χ4n) is 3.19. The summed E-state index contributed by atoms with van der Waals surface area (Å²) in [7, 11) is 1.49. The van der Waals surface area contributed by atoms with Crippen molar-refractivity contribution in [1.29, 1.82) is 0 Å². The third-order valence-electron chi connectivity index (χ3n) is 4.96. The molecule has 0 aliphatic carbocycles. The fraction of sp³-hybridized carbons (Fsp3) is 0.273. The van der Waals surface area contributed by atoms with Crippen molar-refractivity contribution in [2.24, 2.45) is 0 Å². The van der Waals surface area contributed by atoms with E-state index in [0.717, 1.165) is 22.9 Å². The van der Waals surface area contributed by atoms with Crippen LogP contribution in [0.3, 0.4) is 0 Å². The summed E-state index contributed by atoms with van der Waals surface area (Å²) in [5.74, 6) is -5.13. The lowest BCUT2D eigenvalue weighted by Crippen LogP contribution is -2.36. The molecule has 0 fully saturated rings. The zero-order valence-corrected chi connectivity index (χ0v) is 18.7. The number of carbonyl (C=O) groups is 2. The number of benzene rings is 2. The molecule has 0 aliphatic rings. The SMILES string of the molecule is COCCN(CCc1cn(-c2cc(F)c(C(=O)O)c(F)c2)nn1)C(=O)Cc1ccc(Cl)cc1F. The first kappa shape index (κ1) is 25.2. The summed E-state index contributed by atoms with van der Waals surface area (Å²) in [6.45, 7) is 0.721. The minimum atomic E-state index is -1.72. The molecule has 0 spiro atoms. The first-order valence-corrected chi connectivity index (χ1v) is 10.4. The number of carboxylic acids is 1. The van der Waals surface area contributed by atoms with Gasteiger partial charge in [-0.2, -0.15) is 0 Å². The second kappa shape index (κ2) is 11.1. The lowest BCUT2D eigenvalue weighted by molar-refractivity contribution is -0.131. The van der Waals surface area contributed by atoms with Crippen LogP contribution in [0.5, 0.6) is 0 Å². The van der Waals surface area contributed by atoms with Gasteiger partial charge in [0, 0.05) is 43.8 Å². The van der Waals surface area contributed by atoms with Crippen LogP contribution < -0.4 is 0 Å². The average Bonchev–Trinajstić information content (AvgIpc) is 3.24. The topological polar surface area (TPSA) is 97.6 Å². The zero-order valence-electron chi connectivity index (χ0n) is 18.0. The molecule has 0 bridgehead atoms. The van der Waals surface area contributed by atoms with E-state index < -0.39 is 29.0 Å². The summed E-state index contributed by atoms with van der Waals surface area (Å²) in [5, 5.41) is 16.9. The molecule has 0 aliphatic heterocycles. The molecule has 0 radical (unpaired) electrons. The summed E-state index contributed by atoms with van der Waals surface area (Å²) < 4.78 is 48.2. The van der Waals surface area contributed by atoms with Crippen LogP contribution in [0, 0.1) is 17.5 Å². The minimum absolute atomic E-state index is 0.0516. The number of halogens is 4. The van der Waals surface area contributed by atoms with Crippen LogP contribution in [-0.2, 0) is 22.4 Å². The van der Waals surface area contributed by atoms with E-state index in [0.29, 0.717) is 5.69 Å². The Morgan fingerprint density at radius 3 is 2.44 bits per heavy atom. The predicted octanol–water partition coefficient (Wildman–Crippen LogP) is 3.30. The van der Waals surface area contributed by atoms with Gasteiger partial charge in [0.25, 0.3) is 0 Å². The average molecular weight is 497 g/mol. The summed E-state index contributed by atoms with van der Waals surface area (Å²) in [4.78, 5) is 25.2. The van der Waals surface area contributed by atoms with Gasteiger partial charge in [-0.3, -0.25) is 4.79 Å². The minimum Gasteiger partial charge on any atom is -0.477 e. The normalized spacial score (nSPS) is 11.0.